The molecular formula is C10H22O3. The summed E-state index contributed by atoms with van der Waals surface area (Å²) >= 11 is 0. The Kier molecular flexibility index (Phi) is 7.23. The molecule has 0 bridgehead atoms. The average Bonchev–Trinajstić information content (AvgIpc) is 2.09. The molecule has 2 atom stereocenters. The van der Waals surface area contributed by atoms with E-state index in [0.29, 0.717) is 25.7 Å². The maximum absolute atomic E-state index is 9.69. The van der Waals surface area contributed by atoms with E-state index < -0.39 is 6.10 Å². The molecule has 2 unspecified atom stereocenters. The predicted octanol–water partition coefficient (Wildman–Crippen LogP) is 1.44. The molecule has 0 radical (unpaired) electrons. The van der Waals surface area contributed by atoms with Gasteiger partial charge in [-0.1, -0.05) is 13.8 Å². The highest BCUT2D eigenvalue weighted by atomic mass is 16.5. The van der Waals surface area contributed by atoms with Gasteiger partial charge in [0.15, 0.2) is 0 Å². The van der Waals surface area contributed by atoms with Gasteiger partial charge in [0.05, 0.1) is 12.7 Å². The van der Waals surface area contributed by atoms with Crippen molar-refractivity contribution < 1.29 is 14.6 Å². The normalized spacial score (nSPS) is 16.2. The van der Waals surface area contributed by atoms with E-state index in [4.69, 9.17) is 9.47 Å². The average molecular weight is 190 g/mol. The van der Waals surface area contributed by atoms with Crippen molar-refractivity contribution in [3.63, 3.8) is 0 Å². The Bertz CT molecular complexity index is 115. The second kappa shape index (κ2) is 7.30. The van der Waals surface area contributed by atoms with E-state index >= 15 is 0 Å². The van der Waals surface area contributed by atoms with Crippen LogP contribution in [-0.2, 0) is 9.47 Å². The Morgan fingerprint density at radius 1 is 1.15 bits per heavy atom. The first-order valence-corrected chi connectivity index (χ1v) is 5.00. The molecule has 13 heavy (non-hydrogen) atoms. The van der Waals surface area contributed by atoms with Crippen LogP contribution in [0.4, 0.5) is 0 Å². The van der Waals surface area contributed by atoms with Crippen LogP contribution in [0.2, 0.25) is 0 Å². The molecule has 0 aliphatic rings. The lowest BCUT2D eigenvalue weighted by atomic mass is 10.0. The number of hydrogen-bond donors (Lipinski definition) is 1. The first-order chi connectivity index (χ1) is 6.13. The van der Waals surface area contributed by atoms with Crippen molar-refractivity contribution in [2.45, 2.75) is 39.9 Å². The zero-order valence-corrected chi connectivity index (χ0v) is 9.12. The fourth-order valence-electron chi connectivity index (χ4n) is 1.27. The number of rotatable bonds is 7. The maximum Gasteiger partial charge on any atom is 0.104 e. The van der Waals surface area contributed by atoms with Gasteiger partial charge in [-0.3, -0.25) is 0 Å². The van der Waals surface area contributed by atoms with E-state index in [2.05, 4.69) is 0 Å². The molecule has 0 aromatic rings. The summed E-state index contributed by atoms with van der Waals surface area (Å²) in [6.45, 7) is 9.55. The molecule has 0 fully saturated rings. The second-order valence-corrected chi connectivity index (χ2v) is 3.39. The van der Waals surface area contributed by atoms with E-state index in [0.717, 1.165) is 0 Å². The molecule has 0 spiro atoms. The molecule has 0 aromatic heterocycles. The molecular weight excluding hydrogens is 168 g/mol. The molecule has 0 heterocycles. The Morgan fingerprint density at radius 3 is 2.15 bits per heavy atom. The van der Waals surface area contributed by atoms with Crippen LogP contribution in [0.1, 0.15) is 27.7 Å². The minimum atomic E-state index is -0.514. The zero-order valence-electron chi connectivity index (χ0n) is 9.12. The lowest BCUT2D eigenvalue weighted by molar-refractivity contribution is -0.0860. The summed E-state index contributed by atoms with van der Waals surface area (Å²) in [5, 5.41) is 9.69. The van der Waals surface area contributed by atoms with Crippen LogP contribution in [0.3, 0.4) is 0 Å². The van der Waals surface area contributed by atoms with Gasteiger partial charge in [0.1, 0.15) is 6.10 Å². The lowest BCUT2D eigenvalue weighted by Gasteiger charge is -2.25. The monoisotopic (exact) mass is 190 g/mol. The smallest absolute Gasteiger partial charge is 0.104 e. The Morgan fingerprint density at radius 2 is 1.77 bits per heavy atom. The minimum absolute atomic E-state index is 0.114. The van der Waals surface area contributed by atoms with E-state index in [-0.39, 0.29) is 6.10 Å². The first-order valence-electron chi connectivity index (χ1n) is 5.00. The third kappa shape index (κ3) is 5.24. The van der Waals surface area contributed by atoms with Crippen molar-refractivity contribution in [1.82, 2.24) is 0 Å². The molecule has 0 saturated heterocycles. The van der Waals surface area contributed by atoms with Gasteiger partial charge in [0, 0.05) is 13.2 Å². The molecule has 3 nitrogen and oxygen atoms in total. The van der Waals surface area contributed by atoms with Gasteiger partial charge in [-0.2, -0.15) is 0 Å². The van der Waals surface area contributed by atoms with Crippen molar-refractivity contribution in [1.29, 1.82) is 0 Å². The Labute approximate surface area is 81.0 Å². The van der Waals surface area contributed by atoms with E-state index in [1.807, 2.05) is 27.7 Å². The number of hydrogen-bond acceptors (Lipinski definition) is 3. The summed E-state index contributed by atoms with van der Waals surface area (Å²) < 4.78 is 10.6. The molecule has 3 heteroatoms. The van der Waals surface area contributed by atoms with Gasteiger partial charge in [-0.05, 0) is 19.8 Å². The van der Waals surface area contributed by atoms with Gasteiger partial charge in [-0.25, -0.2) is 0 Å². The van der Waals surface area contributed by atoms with Crippen molar-refractivity contribution in [2.75, 3.05) is 19.8 Å². The number of ether oxygens (including phenoxy) is 2. The van der Waals surface area contributed by atoms with Crippen LogP contribution in [0.5, 0.6) is 0 Å². The second-order valence-electron chi connectivity index (χ2n) is 3.39. The van der Waals surface area contributed by atoms with Crippen LogP contribution in [0.15, 0.2) is 0 Å². The molecule has 80 valence electrons. The fraction of sp³-hybridized carbons (Fsp3) is 1.00. The molecule has 0 aromatic carbocycles. The van der Waals surface area contributed by atoms with E-state index in [1.54, 1.807) is 0 Å². The highest BCUT2D eigenvalue weighted by Crippen LogP contribution is 2.11. The van der Waals surface area contributed by atoms with Crippen LogP contribution in [0, 0.1) is 5.92 Å². The number of aliphatic hydroxyl groups is 1. The van der Waals surface area contributed by atoms with Crippen molar-refractivity contribution in [2.24, 2.45) is 5.92 Å². The fourth-order valence-corrected chi connectivity index (χ4v) is 1.27. The van der Waals surface area contributed by atoms with Gasteiger partial charge >= 0.3 is 0 Å². The summed E-state index contributed by atoms with van der Waals surface area (Å²) in [4.78, 5) is 0. The van der Waals surface area contributed by atoms with Gasteiger partial charge in [0.2, 0.25) is 0 Å². The summed E-state index contributed by atoms with van der Waals surface area (Å²) in [5.74, 6) is 0.315. The van der Waals surface area contributed by atoms with Crippen molar-refractivity contribution in [3.8, 4) is 0 Å². The molecule has 0 saturated carbocycles. The molecule has 1 N–H and O–H groups in total. The van der Waals surface area contributed by atoms with E-state index in [9.17, 15) is 5.11 Å². The van der Waals surface area contributed by atoms with Crippen molar-refractivity contribution in [3.05, 3.63) is 0 Å². The molecule has 0 aliphatic carbocycles. The summed E-state index contributed by atoms with van der Waals surface area (Å²) in [7, 11) is 0. The van der Waals surface area contributed by atoms with Crippen molar-refractivity contribution >= 4 is 0 Å². The van der Waals surface area contributed by atoms with E-state index in [1.165, 1.54) is 0 Å². The lowest BCUT2D eigenvalue weighted by Crippen LogP contribution is -2.37. The van der Waals surface area contributed by atoms with Crippen LogP contribution >= 0.6 is 0 Å². The summed E-state index contributed by atoms with van der Waals surface area (Å²) in [5.41, 5.74) is 0. The molecule has 0 rings (SSSR count). The third-order valence-corrected chi connectivity index (χ3v) is 1.89. The third-order valence-electron chi connectivity index (χ3n) is 1.89. The van der Waals surface area contributed by atoms with Gasteiger partial charge in [0.25, 0.3) is 0 Å². The highest BCUT2D eigenvalue weighted by Gasteiger charge is 2.22. The minimum Gasteiger partial charge on any atom is -0.388 e. The maximum atomic E-state index is 9.69. The highest BCUT2D eigenvalue weighted by molar-refractivity contribution is 4.71. The van der Waals surface area contributed by atoms with Gasteiger partial charge in [-0.15, -0.1) is 0 Å². The Hall–Kier alpha value is -0.120. The quantitative estimate of drug-likeness (QED) is 0.660. The standard InChI is InChI=1S/C10H22O3/c1-5-12-7-9(11)10(8(3)4)13-6-2/h8-11H,5-7H2,1-4H3. The predicted molar refractivity (Wildman–Crippen MR) is 52.8 cm³/mol. The number of aliphatic hydroxyl groups excluding tert-OH is 1. The topological polar surface area (TPSA) is 38.7 Å². The Balaban J connectivity index is 3.87. The SMILES string of the molecule is CCOCC(O)C(OCC)C(C)C. The van der Waals surface area contributed by atoms with Gasteiger partial charge < -0.3 is 14.6 Å². The van der Waals surface area contributed by atoms with Crippen LogP contribution in [-0.4, -0.2) is 37.1 Å². The summed E-state index contributed by atoms with van der Waals surface area (Å²) in [6.07, 6.45) is -0.628. The summed E-state index contributed by atoms with van der Waals surface area (Å²) in [6, 6.07) is 0. The molecule has 0 aliphatic heterocycles. The zero-order chi connectivity index (χ0) is 10.3. The first kappa shape index (κ1) is 12.9. The van der Waals surface area contributed by atoms with Crippen LogP contribution in [0.25, 0.3) is 0 Å². The van der Waals surface area contributed by atoms with Crippen LogP contribution < -0.4 is 0 Å². The molecule has 0 amide bonds. The largest absolute Gasteiger partial charge is 0.388 e.